The van der Waals surface area contributed by atoms with Crippen LogP contribution in [0.15, 0.2) is 10.6 Å². The molecule has 0 bridgehead atoms. The summed E-state index contributed by atoms with van der Waals surface area (Å²) in [6.45, 7) is 7.88. The zero-order valence-corrected chi connectivity index (χ0v) is 16.9. The Morgan fingerprint density at radius 3 is 2.67 bits per heavy atom. The fourth-order valence-electron chi connectivity index (χ4n) is 4.40. The van der Waals surface area contributed by atoms with Gasteiger partial charge in [0.25, 0.3) is 0 Å². The molecule has 152 valence electrons. The van der Waals surface area contributed by atoms with Crippen molar-refractivity contribution in [1.29, 1.82) is 0 Å². The first-order valence-electron chi connectivity index (χ1n) is 10.3. The predicted molar refractivity (Wildman–Crippen MR) is 103 cm³/mol. The molecule has 2 aliphatic rings. The van der Waals surface area contributed by atoms with Gasteiger partial charge in [-0.3, -0.25) is 10.1 Å². The number of ether oxygens (including phenoxy) is 1. The van der Waals surface area contributed by atoms with Crippen LogP contribution in [0.5, 0.6) is 0 Å². The maximum Gasteiger partial charge on any atom is 0.232 e. The van der Waals surface area contributed by atoms with Gasteiger partial charge in [-0.15, -0.1) is 0 Å². The van der Waals surface area contributed by atoms with Gasteiger partial charge in [-0.25, -0.2) is 0 Å². The molecule has 2 N–H and O–H groups in total. The lowest BCUT2D eigenvalue weighted by molar-refractivity contribution is -0.127. The fraction of sp³-hybridized carbons (Fsp3) is 0.810. The van der Waals surface area contributed by atoms with Gasteiger partial charge in [0, 0.05) is 30.1 Å². The number of anilines is 1. The van der Waals surface area contributed by atoms with E-state index in [0.717, 1.165) is 63.9 Å². The number of aromatic nitrogens is 1. The number of carbonyl (C=O) groups is 1. The van der Waals surface area contributed by atoms with Crippen LogP contribution in [0.25, 0.3) is 0 Å². The molecule has 3 rings (SSSR count). The highest BCUT2D eigenvalue weighted by atomic mass is 16.5. The van der Waals surface area contributed by atoms with E-state index >= 15 is 0 Å². The normalized spacial score (nSPS) is 21.9. The van der Waals surface area contributed by atoms with Crippen molar-refractivity contribution < 1.29 is 19.2 Å². The van der Waals surface area contributed by atoms with Gasteiger partial charge in [0.15, 0.2) is 0 Å². The van der Waals surface area contributed by atoms with Gasteiger partial charge in [0.1, 0.15) is 0 Å². The number of carbonyl (C=O) groups excluding carboxylic acids is 1. The molecular weight excluding hydrogens is 344 g/mol. The molecular formula is C21H34N2O4. The van der Waals surface area contributed by atoms with Crippen LogP contribution in [0, 0.1) is 17.3 Å². The molecule has 6 nitrogen and oxygen atoms in total. The molecule has 0 radical (unpaired) electrons. The summed E-state index contributed by atoms with van der Waals surface area (Å²) in [6.07, 6.45) is 7.19. The first kappa shape index (κ1) is 20.3. The van der Waals surface area contributed by atoms with Gasteiger partial charge in [0.05, 0.1) is 12.3 Å². The molecule has 1 aromatic heterocycles. The average molecular weight is 379 g/mol. The third-order valence-corrected chi connectivity index (χ3v) is 7.00. The Morgan fingerprint density at radius 1 is 1.37 bits per heavy atom. The molecule has 2 heterocycles. The molecule has 0 aromatic carbocycles. The van der Waals surface area contributed by atoms with Crippen LogP contribution in [0.2, 0.25) is 0 Å². The summed E-state index contributed by atoms with van der Waals surface area (Å²) in [5.41, 5.74) is -0.0584. The Bertz CT molecular complexity index is 628. The monoisotopic (exact) mass is 378 g/mol. The van der Waals surface area contributed by atoms with E-state index in [1.807, 2.05) is 13.8 Å². The number of hydrogen-bond donors (Lipinski definition) is 2. The van der Waals surface area contributed by atoms with Crippen molar-refractivity contribution in [2.45, 2.75) is 71.1 Å². The van der Waals surface area contributed by atoms with Crippen molar-refractivity contribution >= 4 is 11.8 Å². The van der Waals surface area contributed by atoms with Crippen molar-refractivity contribution in [2.75, 3.05) is 25.1 Å². The van der Waals surface area contributed by atoms with Crippen molar-refractivity contribution in [2.24, 2.45) is 17.3 Å². The Hall–Kier alpha value is -1.40. The highest BCUT2D eigenvalue weighted by Gasteiger charge is 2.39. The summed E-state index contributed by atoms with van der Waals surface area (Å²) in [5, 5.41) is 16.9. The molecule has 1 aliphatic heterocycles. The average Bonchev–Trinajstić information content (AvgIpc) is 3.32. The molecule has 0 spiro atoms. The van der Waals surface area contributed by atoms with Crippen molar-refractivity contribution in [3.05, 3.63) is 11.8 Å². The Balaban J connectivity index is 1.61. The number of nitrogens with one attached hydrogen (secondary N) is 1. The van der Waals surface area contributed by atoms with Gasteiger partial charge in [-0.2, -0.15) is 0 Å². The van der Waals surface area contributed by atoms with Crippen molar-refractivity contribution in [1.82, 2.24) is 5.16 Å². The minimum atomic E-state index is -0.507. The van der Waals surface area contributed by atoms with Crippen LogP contribution in [0.3, 0.4) is 0 Å². The first-order valence-corrected chi connectivity index (χ1v) is 10.3. The zero-order valence-electron chi connectivity index (χ0n) is 16.9. The molecule has 1 amide bonds. The Labute approximate surface area is 162 Å². The summed E-state index contributed by atoms with van der Waals surface area (Å²) in [6, 6.07) is 1.79. The van der Waals surface area contributed by atoms with E-state index in [9.17, 15) is 9.90 Å². The van der Waals surface area contributed by atoms with Crippen LogP contribution in [-0.2, 0) is 14.9 Å². The maximum atomic E-state index is 12.9. The molecule has 6 heteroatoms. The lowest BCUT2D eigenvalue weighted by Crippen LogP contribution is -2.37. The van der Waals surface area contributed by atoms with Crippen LogP contribution in [-0.4, -0.2) is 36.0 Å². The number of aliphatic hydroxyl groups is 1. The Kier molecular flexibility index (Phi) is 6.26. The van der Waals surface area contributed by atoms with Crippen molar-refractivity contribution in [3.8, 4) is 0 Å². The van der Waals surface area contributed by atoms with Crippen LogP contribution >= 0.6 is 0 Å². The number of nitrogens with zero attached hydrogens (tertiary/aromatic N) is 1. The van der Waals surface area contributed by atoms with Gasteiger partial charge in [0.2, 0.25) is 11.8 Å². The molecule has 27 heavy (non-hydrogen) atoms. The molecule has 1 saturated carbocycles. The maximum absolute atomic E-state index is 12.9. The van der Waals surface area contributed by atoms with E-state index in [1.54, 1.807) is 6.07 Å². The topological polar surface area (TPSA) is 84.6 Å². The van der Waals surface area contributed by atoms with E-state index < -0.39 is 5.41 Å². The highest BCUT2D eigenvalue weighted by Crippen LogP contribution is 2.41. The summed E-state index contributed by atoms with van der Waals surface area (Å²) in [5.74, 6) is 1.21. The zero-order chi connectivity index (χ0) is 19.5. The summed E-state index contributed by atoms with van der Waals surface area (Å²) in [7, 11) is 0. The standard InChI is InChI=1S/C21H34N2O4/c1-15(12-16-6-10-26-11-7-16)20(2,3)19(25)22-18-13-17(23-27-18)21(14-24)8-4-5-9-21/h13,15-16,24H,4-12,14H2,1-3H3,(H,22,25). The second-order valence-electron chi connectivity index (χ2n) is 9.09. The molecule has 1 unspecified atom stereocenters. The lowest BCUT2D eigenvalue weighted by Gasteiger charge is -2.33. The smallest absolute Gasteiger partial charge is 0.232 e. The third kappa shape index (κ3) is 4.37. The van der Waals surface area contributed by atoms with Gasteiger partial charge >= 0.3 is 0 Å². The Morgan fingerprint density at radius 2 is 2.04 bits per heavy atom. The predicted octanol–water partition coefficient (Wildman–Crippen LogP) is 3.90. The van der Waals surface area contributed by atoms with Gasteiger partial charge < -0.3 is 14.4 Å². The van der Waals surface area contributed by atoms with Crippen LogP contribution < -0.4 is 5.32 Å². The summed E-state index contributed by atoms with van der Waals surface area (Å²) >= 11 is 0. The number of hydrogen-bond acceptors (Lipinski definition) is 5. The second-order valence-corrected chi connectivity index (χ2v) is 9.09. The van der Waals surface area contributed by atoms with E-state index in [2.05, 4.69) is 17.4 Å². The molecule has 1 aliphatic carbocycles. The van der Waals surface area contributed by atoms with E-state index in [-0.39, 0.29) is 23.8 Å². The molecule has 2 fully saturated rings. The third-order valence-electron chi connectivity index (χ3n) is 7.00. The van der Waals surface area contributed by atoms with Crippen LogP contribution in [0.4, 0.5) is 5.88 Å². The minimum Gasteiger partial charge on any atom is -0.395 e. The van der Waals surface area contributed by atoms with E-state index in [0.29, 0.717) is 11.8 Å². The SMILES string of the molecule is CC(CC1CCOCC1)C(C)(C)C(=O)Nc1cc(C2(CO)CCCC2)no1. The van der Waals surface area contributed by atoms with Crippen LogP contribution in [0.1, 0.15) is 71.4 Å². The number of rotatable bonds is 7. The number of aliphatic hydroxyl groups excluding tert-OH is 1. The molecule has 1 atom stereocenters. The quantitative estimate of drug-likeness (QED) is 0.752. The van der Waals surface area contributed by atoms with Gasteiger partial charge in [-0.1, -0.05) is 38.8 Å². The minimum absolute atomic E-state index is 0.0470. The summed E-state index contributed by atoms with van der Waals surface area (Å²) < 4.78 is 10.8. The molecule has 1 aromatic rings. The lowest BCUT2D eigenvalue weighted by atomic mass is 9.73. The number of amides is 1. The van der Waals surface area contributed by atoms with Gasteiger partial charge in [-0.05, 0) is 43.9 Å². The molecule has 1 saturated heterocycles. The van der Waals surface area contributed by atoms with E-state index in [1.165, 1.54) is 0 Å². The van der Waals surface area contributed by atoms with E-state index in [4.69, 9.17) is 9.26 Å². The first-order chi connectivity index (χ1) is 12.9. The largest absolute Gasteiger partial charge is 0.395 e. The second kappa shape index (κ2) is 8.31. The summed E-state index contributed by atoms with van der Waals surface area (Å²) in [4.78, 5) is 12.9. The highest BCUT2D eigenvalue weighted by molar-refractivity contribution is 5.93. The fourth-order valence-corrected chi connectivity index (χ4v) is 4.40. The van der Waals surface area contributed by atoms with Crippen molar-refractivity contribution in [3.63, 3.8) is 0 Å².